The Kier molecular flexibility index (Phi) is 7.18. The molecule has 2 heterocycles. The van der Waals surface area contributed by atoms with Gasteiger partial charge in [0.25, 0.3) is 5.56 Å². The van der Waals surface area contributed by atoms with Crippen molar-refractivity contribution in [3.05, 3.63) is 56.7 Å². The molecule has 1 fully saturated rings. The molecule has 156 valence electrons. The van der Waals surface area contributed by atoms with Crippen LogP contribution in [0.4, 0.5) is 10.3 Å². The maximum Gasteiger partial charge on any atom is 0.255 e. The Bertz CT molecular complexity index is 931. The van der Waals surface area contributed by atoms with Gasteiger partial charge in [-0.2, -0.15) is 0 Å². The molecule has 29 heavy (non-hydrogen) atoms. The SMILES string of the molecule is COCc1cc(=O)n(CC(=O)NCc2ccc(F)c(Cl)c2)c(N2CCOCC2)n1. The van der Waals surface area contributed by atoms with Crippen LogP contribution in [0.15, 0.2) is 29.1 Å². The monoisotopic (exact) mass is 424 g/mol. The molecule has 0 bridgehead atoms. The average Bonchev–Trinajstić information content (AvgIpc) is 2.71. The van der Waals surface area contributed by atoms with Gasteiger partial charge in [0, 0.05) is 32.8 Å². The van der Waals surface area contributed by atoms with Crippen molar-refractivity contribution < 1.29 is 18.7 Å². The number of carbonyl (C=O) groups excluding carboxylic acids is 1. The lowest BCUT2D eigenvalue weighted by atomic mass is 10.2. The molecule has 8 nitrogen and oxygen atoms in total. The predicted octanol–water partition coefficient (Wildman–Crippen LogP) is 1.34. The minimum absolute atomic E-state index is 0.0134. The molecule has 0 spiro atoms. The Hall–Kier alpha value is -2.49. The highest BCUT2D eigenvalue weighted by molar-refractivity contribution is 6.30. The third-order valence-corrected chi connectivity index (χ3v) is 4.69. The molecule has 2 aromatic rings. The van der Waals surface area contributed by atoms with Crippen LogP contribution in [-0.4, -0.2) is 48.9 Å². The van der Waals surface area contributed by atoms with E-state index in [1.165, 1.54) is 35.9 Å². The third-order valence-electron chi connectivity index (χ3n) is 4.40. The molecular formula is C19H22ClFN4O4. The van der Waals surface area contributed by atoms with E-state index in [0.29, 0.717) is 43.5 Å². The van der Waals surface area contributed by atoms with E-state index >= 15 is 0 Å². The third kappa shape index (κ3) is 5.53. The van der Waals surface area contributed by atoms with Crippen molar-refractivity contribution in [2.24, 2.45) is 0 Å². The lowest BCUT2D eigenvalue weighted by Crippen LogP contribution is -2.42. The van der Waals surface area contributed by atoms with Crippen molar-refractivity contribution in [2.75, 3.05) is 38.3 Å². The Balaban J connectivity index is 1.76. The van der Waals surface area contributed by atoms with Crippen LogP contribution in [0.25, 0.3) is 0 Å². The summed E-state index contributed by atoms with van der Waals surface area (Å²) in [6.45, 7) is 2.34. The molecule has 0 unspecified atom stereocenters. The van der Waals surface area contributed by atoms with E-state index in [1.54, 1.807) is 0 Å². The highest BCUT2D eigenvalue weighted by Crippen LogP contribution is 2.16. The highest BCUT2D eigenvalue weighted by atomic mass is 35.5. The van der Waals surface area contributed by atoms with Crippen LogP contribution in [0, 0.1) is 5.82 Å². The number of carbonyl (C=O) groups is 1. The summed E-state index contributed by atoms with van der Waals surface area (Å²) in [4.78, 5) is 31.5. The van der Waals surface area contributed by atoms with Crippen molar-refractivity contribution >= 4 is 23.5 Å². The van der Waals surface area contributed by atoms with Crippen LogP contribution >= 0.6 is 11.6 Å². The summed E-state index contributed by atoms with van der Waals surface area (Å²) in [6.07, 6.45) is 0. The number of nitrogens with zero attached hydrogens (tertiary/aromatic N) is 3. The maximum atomic E-state index is 13.3. The first-order valence-electron chi connectivity index (χ1n) is 9.11. The van der Waals surface area contributed by atoms with Gasteiger partial charge in [-0.25, -0.2) is 9.37 Å². The van der Waals surface area contributed by atoms with Crippen molar-refractivity contribution in [1.82, 2.24) is 14.9 Å². The number of rotatable bonds is 7. The summed E-state index contributed by atoms with van der Waals surface area (Å²) >= 11 is 5.76. The zero-order valence-electron chi connectivity index (χ0n) is 16.0. The maximum absolute atomic E-state index is 13.3. The number of anilines is 1. The summed E-state index contributed by atoms with van der Waals surface area (Å²) in [6, 6.07) is 5.58. The fourth-order valence-electron chi connectivity index (χ4n) is 2.97. The first-order chi connectivity index (χ1) is 14.0. The second kappa shape index (κ2) is 9.82. The Morgan fingerprint density at radius 1 is 1.34 bits per heavy atom. The first kappa shape index (κ1) is 21.2. The number of aromatic nitrogens is 2. The molecule has 0 saturated carbocycles. The average molecular weight is 425 g/mol. The molecule has 0 atom stereocenters. The van der Waals surface area contributed by atoms with Gasteiger partial charge in [0.1, 0.15) is 12.4 Å². The second-order valence-electron chi connectivity index (χ2n) is 6.53. The quantitative estimate of drug-likeness (QED) is 0.722. The summed E-state index contributed by atoms with van der Waals surface area (Å²) < 4.78 is 25.0. The fourth-order valence-corrected chi connectivity index (χ4v) is 3.17. The van der Waals surface area contributed by atoms with Gasteiger partial charge in [-0.05, 0) is 17.7 Å². The number of hydrogen-bond donors (Lipinski definition) is 1. The summed E-state index contributed by atoms with van der Waals surface area (Å²) in [5, 5.41) is 2.70. The number of hydrogen-bond acceptors (Lipinski definition) is 6. The topological polar surface area (TPSA) is 85.7 Å². The van der Waals surface area contributed by atoms with E-state index in [4.69, 9.17) is 21.1 Å². The molecule has 1 aliphatic rings. The van der Waals surface area contributed by atoms with Gasteiger partial charge in [-0.3, -0.25) is 14.2 Å². The van der Waals surface area contributed by atoms with Crippen LogP contribution in [0.1, 0.15) is 11.3 Å². The summed E-state index contributed by atoms with van der Waals surface area (Å²) in [7, 11) is 1.52. The molecule has 1 aromatic carbocycles. The van der Waals surface area contributed by atoms with E-state index in [1.807, 2.05) is 4.90 Å². The van der Waals surface area contributed by atoms with Crippen molar-refractivity contribution in [3.63, 3.8) is 0 Å². The van der Waals surface area contributed by atoms with Gasteiger partial charge < -0.3 is 19.7 Å². The van der Waals surface area contributed by atoms with Gasteiger partial charge in [0.2, 0.25) is 11.9 Å². The molecule has 3 rings (SSSR count). The van der Waals surface area contributed by atoms with E-state index < -0.39 is 5.82 Å². The van der Waals surface area contributed by atoms with E-state index in [0.717, 1.165) is 0 Å². The zero-order valence-corrected chi connectivity index (χ0v) is 16.7. The fraction of sp³-hybridized carbons (Fsp3) is 0.421. The molecule has 0 radical (unpaired) electrons. The number of amides is 1. The van der Waals surface area contributed by atoms with Gasteiger partial charge in [-0.1, -0.05) is 17.7 Å². The molecule has 0 aliphatic carbocycles. The van der Waals surface area contributed by atoms with Crippen molar-refractivity contribution in [1.29, 1.82) is 0 Å². The highest BCUT2D eigenvalue weighted by Gasteiger charge is 2.20. The summed E-state index contributed by atoms with van der Waals surface area (Å²) in [5.41, 5.74) is 0.809. The second-order valence-corrected chi connectivity index (χ2v) is 6.94. The van der Waals surface area contributed by atoms with Crippen LogP contribution in [0.2, 0.25) is 5.02 Å². The van der Waals surface area contributed by atoms with Crippen LogP contribution in [-0.2, 0) is 34.0 Å². The van der Waals surface area contributed by atoms with Crippen LogP contribution < -0.4 is 15.8 Å². The molecule has 1 N–H and O–H groups in total. The van der Waals surface area contributed by atoms with Crippen LogP contribution in [0.3, 0.4) is 0 Å². The van der Waals surface area contributed by atoms with Gasteiger partial charge in [0.15, 0.2) is 0 Å². The standard InChI is InChI=1S/C19H22ClFN4O4/c1-28-12-14-9-18(27)25(19(23-14)24-4-6-29-7-5-24)11-17(26)22-10-13-2-3-16(21)15(20)8-13/h2-3,8-9H,4-7,10-12H2,1H3,(H,22,26). The van der Waals surface area contributed by atoms with Gasteiger partial charge in [0.05, 0.1) is 30.5 Å². The van der Waals surface area contributed by atoms with Crippen molar-refractivity contribution in [2.45, 2.75) is 19.7 Å². The van der Waals surface area contributed by atoms with Gasteiger partial charge >= 0.3 is 0 Å². The Labute approximate surface area is 172 Å². The predicted molar refractivity (Wildman–Crippen MR) is 105 cm³/mol. The first-order valence-corrected chi connectivity index (χ1v) is 9.48. The number of methoxy groups -OCH3 is 1. The lowest BCUT2D eigenvalue weighted by Gasteiger charge is -2.29. The molecule has 1 saturated heterocycles. The number of benzene rings is 1. The minimum atomic E-state index is -0.523. The summed E-state index contributed by atoms with van der Waals surface area (Å²) in [5.74, 6) is -0.484. The number of nitrogens with one attached hydrogen (secondary N) is 1. The normalized spacial score (nSPS) is 14.1. The van der Waals surface area contributed by atoms with Gasteiger partial charge in [-0.15, -0.1) is 0 Å². The Morgan fingerprint density at radius 2 is 2.10 bits per heavy atom. The molecule has 1 amide bonds. The minimum Gasteiger partial charge on any atom is -0.378 e. The van der Waals surface area contributed by atoms with Crippen LogP contribution in [0.5, 0.6) is 0 Å². The molecule has 1 aliphatic heterocycles. The number of halogens is 2. The zero-order chi connectivity index (χ0) is 20.8. The smallest absolute Gasteiger partial charge is 0.255 e. The van der Waals surface area contributed by atoms with E-state index in [9.17, 15) is 14.0 Å². The largest absolute Gasteiger partial charge is 0.378 e. The number of ether oxygens (including phenoxy) is 2. The van der Waals surface area contributed by atoms with E-state index in [-0.39, 0.29) is 36.2 Å². The molecular weight excluding hydrogens is 403 g/mol. The lowest BCUT2D eigenvalue weighted by molar-refractivity contribution is -0.121. The van der Waals surface area contributed by atoms with E-state index in [2.05, 4.69) is 10.3 Å². The molecule has 1 aromatic heterocycles. The van der Waals surface area contributed by atoms with Crippen molar-refractivity contribution in [3.8, 4) is 0 Å². The number of morpholine rings is 1. The Morgan fingerprint density at radius 3 is 2.79 bits per heavy atom. The molecule has 10 heteroatoms.